The van der Waals surface area contributed by atoms with E-state index in [0.29, 0.717) is 26.2 Å². The molecule has 2 amide bonds. The van der Waals surface area contributed by atoms with E-state index in [4.69, 9.17) is 4.74 Å². The predicted octanol–water partition coefficient (Wildman–Crippen LogP) is 2.91. The lowest BCUT2D eigenvalue weighted by atomic mass is 9.94. The molecule has 0 bridgehead atoms. The maximum atomic E-state index is 12.4. The van der Waals surface area contributed by atoms with Gasteiger partial charge in [-0.25, -0.2) is 9.78 Å². The Balaban J connectivity index is 1.62. The molecule has 1 saturated heterocycles. The molecule has 1 fully saturated rings. The molecule has 1 N–H and O–H groups in total. The highest BCUT2D eigenvalue weighted by atomic mass is 32.1. The van der Waals surface area contributed by atoms with Gasteiger partial charge in [-0.3, -0.25) is 0 Å². The van der Waals surface area contributed by atoms with Gasteiger partial charge in [-0.1, -0.05) is 30.3 Å². The van der Waals surface area contributed by atoms with E-state index in [1.54, 1.807) is 11.3 Å². The van der Waals surface area contributed by atoms with Crippen molar-refractivity contribution in [2.45, 2.75) is 26.0 Å². The van der Waals surface area contributed by atoms with Gasteiger partial charge in [0.15, 0.2) is 0 Å². The Morgan fingerprint density at radius 1 is 1.43 bits per heavy atom. The van der Waals surface area contributed by atoms with Crippen LogP contribution in [0.4, 0.5) is 4.79 Å². The molecule has 0 radical (unpaired) electrons. The van der Waals surface area contributed by atoms with Crippen molar-refractivity contribution in [1.82, 2.24) is 15.2 Å². The predicted molar refractivity (Wildman–Crippen MR) is 90.4 cm³/mol. The second kappa shape index (κ2) is 6.68. The van der Waals surface area contributed by atoms with Crippen LogP contribution in [0, 0.1) is 6.92 Å². The molecule has 5 nitrogen and oxygen atoms in total. The quantitative estimate of drug-likeness (QED) is 0.941. The van der Waals surface area contributed by atoms with Crippen LogP contribution in [0.25, 0.3) is 0 Å². The minimum atomic E-state index is -0.460. The zero-order chi connectivity index (χ0) is 16.3. The number of urea groups is 1. The van der Waals surface area contributed by atoms with Gasteiger partial charge in [0.2, 0.25) is 0 Å². The van der Waals surface area contributed by atoms with E-state index in [1.807, 2.05) is 55.3 Å². The van der Waals surface area contributed by atoms with Crippen LogP contribution < -0.4 is 5.32 Å². The first-order valence-corrected chi connectivity index (χ1v) is 8.52. The molecule has 0 spiro atoms. The van der Waals surface area contributed by atoms with Crippen LogP contribution in [0.1, 0.15) is 22.4 Å². The molecular formula is C17H21N3O2S. The van der Waals surface area contributed by atoms with Gasteiger partial charge in [0.05, 0.1) is 24.7 Å². The number of nitrogens with zero attached hydrogens (tertiary/aromatic N) is 2. The molecule has 0 saturated carbocycles. The number of ether oxygens (including phenoxy) is 1. The molecule has 6 heteroatoms. The Kier molecular flexibility index (Phi) is 4.63. The second-order valence-corrected chi connectivity index (χ2v) is 7.19. The highest BCUT2D eigenvalue weighted by Gasteiger charge is 2.35. The summed E-state index contributed by atoms with van der Waals surface area (Å²) in [5, 5.41) is 3.98. The van der Waals surface area contributed by atoms with Crippen molar-refractivity contribution in [3.8, 4) is 0 Å². The second-order valence-electron chi connectivity index (χ2n) is 5.87. The summed E-state index contributed by atoms with van der Waals surface area (Å²) in [7, 11) is 0. The summed E-state index contributed by atoms with van der Waals surface area (Å²) in [5.74, 6) is 0. The fourth-order valence-electron chi connectivity index (χ4n) is 2.77. The van der Waals surface area contributed by atoms with Crippen LogP contribution in [0.3, 0.4) is 0 Å². The number of carbonyl (C=O) groups is 1. The minimum Gasteiger partial charge on any atom is -0.367 e. The molecule has 3 rings (SSSR count). The summed E-state index contributed by atoms with van der Waals surface area (Å²) in [4.78, 5) is 19.5. The number of aromatic nitrogens is 1. The first kappa shape index (κ1) is 16.0. The smallest absolute Gasteiger partial charge is 0.317 e. The standard InChI is InChI=1S/C17H21N3O2S/c1-13-18-10-15(23-13)11-19-16(21)20-8-9-22-17(2,12-20)14-6-4-3-5-7-14/h3-7,10H,8-9,11-12H2,1-2H3,(H,19,21). The average molecular weight is 331 g/mol. The van der Waals surface area contributed by atoms with Crippen molar-refractivity contribution >= 4 is 17.4 Å². The summed E-state index contributed by atoms with van der Waals surface area (Å²) >= 11 is 1.60. The normalized spacial score (nSPS) is 21.2. The van der Waals surface area contributed by atoms with Crippen molar-refractivity contribution in [1.29, 1.82) is 0 Å². The van der Waals surface area contributed by atoms with Gasteiger partial charge in [0, 0.05) is 17.6 Å². The number of carbonyl (C=O) groups excluding carboxylic acids is 1. The summed E-state index contributed by atoms with van der Waals surface area (Å²) in [6, 6.07) is 10.0. The molecule has 1 atom stereocenters. The third-order valence-electron chi connectivity index (χ3n) is 4.03. The average Bonchev–Trinajstić information content (AvgIpc) is 2.99. The molecule has 1 aromatic heterocycles. The maximum absolute atomic E-state index is 12.4. The van der Waals surface area contributed by atoms with Crippen molar-refractivity contribution in [3.05, 3.63) is 52.0 Å². The van der Waals surface area contributed by atoms with E-state index in [0.717, 1.165) is 15.4 Å². The van der Waals surface area contributed by atoms with Gasteiger partial charge in [-0.15, -0.1) is 11.3 Å². The summed E-state index contributed by atoms with van der Waals surface area (Å²) in [6.45, 7) is 6.21. The minimum absolute atomic E-state index is 0.0542. The molecular weight excluding hydrogens is 310 g/mol. The Bertz CT molecular complexity index is 673. The molecule has 1 unspecified atom stereocenters. The Morgan fingerprint density at radius 2 is 2.22 bits per heavy atom. The van der Waals surface area contributed by atoms with Gasteiger partial charge >= 0.3 is 6.03 Å². The number of benzene rings is 1. The third kappa shape index (κ3) is 3.71. The third-order valence-corrected chi connectivity index (χ3v) is 4.94. The summed E-state index contributed by atoms with van der Waals surface area (Å²) < 4.78 is 5.97. The highest BCUT2D eigenvalue weighted by Crippen LogP contribution is 2.29. The van der Waals surface area contributed by atoms with E-state index in [9.17, 15) is 4.79 Å². The topological polar surface area (TPSA) is 54.5 Å². The first-order valence-electron chi connectivity index (χ1n) is 7.70. The van der Waals surface area contributed by atoms with E-state index >= 15 is 0 Å². The maximum Gasteiger partial charge on any atom is 0.317 e. The molecule has 0 aliphatic carbocycles. The number of aryl methyl sites for hydroxylation is 1. The lowest BCUT2D eigenvalue weighted by Gasteiger charge is -2.40. The molecule has 2 aromatic rings. The van der Waals surface area contributed by atoms with E-state index in [-0.39, 0.29) is 6.03 Å². The van der Waals surface area contributed by atoms with Crippen LogP contribution in [0.5, 0.6) is 0 Å². The molecule has 23 heavy (non-hydrogen) atoms. The zero-order valence-electron chi connectivity index (χ0n) is 13.4. The number of amides is 2. The lowest BCUT2D eigenvalue weighted by Crippen LogP contribution is -2.53. The van der Waals surface area contributed by atoms with Crippen LogP contribution in [0.15, 0.2) is 36.5 Å². The highest BCUT2D eigenvalue weighted by molar-refractivity contribution is 7.11. The van der Waals surface area contributed by atoms with Gasteiger partial charge < -0.3 is 15.0 Å². The van der Waals surface area contributed by atoms with Crippen molar-refractivity contribution in [2.75, 3.05) is 19.7 Å². The lowest BCUT2D eigenvalue weighted by molar-refractivity contribution is -0.0906. The van der Waals surface area contributed by atoms with E-state index in [1.165, 1.54) is 0 Å². The monoisotopic (exact) mass is 331 g/mol. The van der Waals surface area contributed by atoms with Crippen molar-refractivity contribution < 1.29 is 9.53 Å². The number of thiazole rings is 1. The SMILES string of the molecule is Cc1ncc(CNC(=O)N2CCOC(C)(c3ccccc3)C2)s1. The first-order chi connectivity index (χ1) is 11.1. The van der Waals surface area contributed by atoms with E-state index in [2.05, 4.69) is 10.3 Å². The van der Waals surface area contributed by atoms with Gasteiger partial charge in [0.25, 0.3) is 0 Å². The van der Waals surface area contributed by atoms with Crippen molar-refractivity contribution in [2.24, 2.45) is 0 Å². The number of morpholine rings is 1. The Hall–Kier alpha value is -1.92. The van der Waals surface area contributed by atoms with Crippen molar-refractivity contribution in [3.63, 3.8) is 0 Å². The van der Waals surface area contributed by atoms with Crippen LogP contribution in [-0.4, -0.2) is 35.6 Å². The fourth-order valence-corrected chi connectivity index (χ4v) is 3.50. The number of hydrogen-bond acceptors (Lipinski definition) is 4. The van der Waals surface area contributed by atoms with Crippen LogP contribution >= 0.6 is 11.3 Å². The number of rotatable bonds is 3. The Labute approximate surface area is 140 Å². The van der Waals surface area contributed by atoms with Crippen LogP contribution in [-0.2, 0) is 16.9 Å². The fraction of sp³-hybridized carbons (Fsp3) is 0.412. The van der Waals surface area contributed by atoms with Gasteiger partial charge in [0.1, 0.15) is 5.60 Å². The molecule has 1 aliphatic rings. The number of nitrogens with one attached hydrogen (secondary N) is 1. The van der Waals surface area contributed by atoms with E-state index < -0.39 is 5.60 Å². The largest absolute Gasteiger partial charge is 0.367 e. The molecule has 1 aliphatic heterocycles. The van der Waals surface area contributed by atoms with Gasteiger partial charge in [-0.05, 0) is 19.4 Å². The zero-order valence-corrected chi connectivity index (χ0v) is 14.2. The molecule has 1 aromatic carbocycles. The summed E-state index contributed by atoms with van der Waals surface area (Å²) in [6.07, 6.45) is 1.81. The van der Waals surface area contributed by atoms with Gasteiger partial charge in [-0.2, -0.15) is 0 Å². The number of hydrogen-bond donors (Lipinski definition) is 1. The summed E-state index contributed by atoms with van der Waals surface area (Å²) in [5.41, 5.74) is 0.633. The molecule has 122 valence electrons. The van der Waals surface area contributed by atoms with Crippen LogP contribution in [0.2, 0.25) is 0 Å². The molecule has 2 heterocycles. The Morgan fingerprint density at radius 3 is 2.91 bits per heavy atom.